The highest BCUT2D eigenvalue weighted by atomic mass is 19.1. The molecule has 35 heavy (non-hydrogen) atoms. The second-order valence-corrected chi connectivity index (χ2v) is 8.81. The minimum absolute atomic E-state index is 0.100. The number of aromatic nitrogens is 4. The number of piperazine rings is 1. The summed E-state index contributed by atoms with van der Waals surface area (Å²) >= 11 is 0. The van der Waals surface area contributed by atoms with Crippen LogP contribution in [-0.4, -0.2) is 78.2 Å². The maximum atomic E-state index is 14.4. The first kappa shape index (κ1) is 23.5. The van der Waals surface area contributed by atoms with E-state index < -0.39 is 0 Å². The number of nitrogens with zero attached hydrogens (tertiary/aromatic N) is 6. The Morgan fingerprint density at radius 1 is 1.06 bits per heavy atom. The highest BCUT2D eigenvalue weighted by molar-refractivity contribution is 5.50. The van der Waals surface area contributed by atoms with Crippen LogP contribution in [0.1, 0.15) is 30.3 Å². The third-order valence-corrected chi connectivity index (χ3v) is 6.81. The molecule has 2 saturated heterocycles. The van der Waals surface area contributed by atoms with Crippen molar-refractivity contribution in [2.75, 3.05) is 51.9 Å². The molecule has 0 aliphatic carbocycles. The standard InChI is InChI=1S/C25H31FN6O3/c1-33-22-11-5-8-19(24(22)34-2)23(25-27-28-29-32(25)17-18-7-6-16-35-18)31-14-12-30(13-15-31)21-10-4-3-9-20(21)26/h3-5,8-11,18,23H,6-7,12-17H2,1-2H3/t18-,23-/m1/s1. The van der Waals surface area contributed by atoms with Gasteiger partial charge in [-0.1, -0.05) is 24.3 Å². The Morgan fingerprint density at radius 2 is 1.89 bits per heavy atom. The van der Waals surface area contributed by atoms with E-state index in [2.05, 4.69) is 25.3 Å². The topological polar surface area (TPSA) is 77.8 Å². The number of hydrogen-bond acceptors (Lipinski definition) is 8. The zero-order valence-electron chi connectivity index (χ0n) is 20.1. The fraction of sp³-hybridized carbons (Fsp3) is 0.480. The van der Waals surface area contributed by atoms with Gasteiger partial charge in [0, 0.05) is 38.3 Å². The number of rotatable bonds is 8. The van der Waals surface area contributed by atoms with Gasteiger partial charge in [-0.15, -0.1) is 5.10 Å². The van der Waals surface area contributed by atoms with Crippen LogP contribution in [0.25, 0.3) is 0 Å². The SMILES string of the molecule is COc1cccc([C@H](c2nnnn2C[C@H]2CCCO2)N2CCN(c3ccccc3F)CC2)c1OC. The molecule has 3 aromatic rings. The highest BCUT2D eigenvalue weighted by Crippen LogP contribution is 2.40. The molecule has 2 aliphatic heterocycles. The van der Waals surface area contributed by atoms with Crippen molar-refractivity contribution in [1.82, 2.24) is 25.1 Å². The third-order valence-electron chi connectivity index (χ3n) is 6.81. The van der Waals surface area contributed by atoms with E-state index >= 15 is 0 Å². The van der Waals surface area contributed by atoms with Crippen molar-refractivity contribution in [1.29, 1.82) is 0 Å². The fourth-order valence-electron chi connectivity index (χ4n) is 5.07. The largest absolute Gasteiger partial charge is 0.493 e. The van der Waals surface area contributed by atoms with Crippen molar-refractivity contribution in [3.63, 3.8) is 0 Å². The molecule has 2 fully saturated rings. The number of tetrazole rings is 1. The normalized spacial score (nSPS) is 19.6. The van der Waals surface area contributed by atoms with Crippen LogP contribution < -0.4 is 14.4 Å². The minimum atomic E-state index is -0.265. The van der Waals surface area contributed by atoms with E-state index in [1.54, 1.807) is 20.3 Å². The van der Waals surface area contributed by atoms with Crippen molar-refractivity contribution < 1.29 is 18.6 Å². The van der Waals surface area contributed by atoms with Gasteiger partial charge in [0.15, 0.2) is 17.3 Å². The lowest BCUT2D eigenvalue weighted by molar-refractivity contribution is 0.0906. The summed E-state index contributed by atoms with van der Waals surface area (Å²) in [5, 5.41) is 12.8. The van der Waals surface area contributed by atoms with Crippen LogP contribution in [-0.2, 0) is 11.3 Å². The predicted molar refractivity (Wildman–Crippen MR) is 128 cm³/mol. The van der Waals surface area contributed by atoms with E-state index in [1.165, 1.54) is 6.07 Å². The third kappa shape index (κ3) is 4.81. The second-order valence-electron chi connectivity index (χ2n) is 8.81. The van der Waals surface area contributed by atoms with Crippen LogP contribution in [0.15, 0.2) is 42.5 Å². The molecular weight excluding hydrogens is 451 g/mol. The summed E-state index contributed by atoms with van der Waals surface area (Å²) in [6, 6.07) is 12.5. The van der Waals surface area contributed by atoms with Gasteiger partial charge in [-0.2, -0.15) is 0 Å². The first-order valence-electron chi connectivity index (χ1n) is 12.0. The van der Waals surface area contributed by atoms with Crippen LogP contribution in [0.3, 0.4) is 0 Å². The van der Waals surface area contributed by atoms with Gasteiger partial charge < -0.3 is 19.1 Å². The predicted octanol–water partition coefficient (Wildman–Crippen LogP) is 2.92. The van der Waals surface area contributed by atoms with Gasteiger partial charge in [0.1, 0.15) is 11.9 Å². The number of anilines is 1. The molecule has 3 heterocycles. The number of benzene rings is 2. The molecule has 2 atom stereocenters. The summed E-state index contributed by atoms with van der Waals surface area (Å²) in [5.41, 5.74) is 1.56. The molecule has 5 rings (SSSR count). The maximum absolute atomic E-state index is 14.4. The van der Waals surface area contributed by atoms with Gasteiger partial charge in [-0.05, 0) is 41.5 Å². The lowest BCUT2D eigenvalue weighted by atomic mass is 10.0. The van der Waals surface area contributed by atoms with Gasteiger partial charge in [0.25, 0.3) is 0 Å². The molecule has 2 aliphatic rings. The highest BCUT2D eigenvalue weighted by Gasteiger charge is 2.34. The zero-order valence-corrected chi connectivity index (χ0v) is 20.1. The Morgan fingerprint density at radius 3 is 2.60 bits per heavy atom. The number of ether oxygens (including phenoxy) is 3. The Hall–Kier alpha value is -3.24. The molecule has 1 aromatic heterocycles. The molecule has 2 aromatic carbocycles. The molecule has 0 spiro atoms. The molecule has 186 valence electrons. The van der Waals surface area contributed by atoms with E-state index in [1.807, 2.05) is 35.0 Å². The summed E-state index contributed by atoms with van der Waals surface area (Å²) < 4.78 is 33.5. The van der Waals surface area contributed by atoms with Crippen LogP contribution in [0, 0.1) is 5.82 Å². The molecule has 0 bridgehead atoms. The van der Waals surface area contributed by atoms with Gasteiger partial charge in [0.05, 0.1) is 32.6 Å². The quantitative estimate of drug-likeness (QED) is 0.485. The van der Waals surface area contributed by atoms with Gasteiger partial charge in [-0.3, -0.25) is 4.90 Å². The number of hydrogen-bond donors (Lipinski definition) is 0. The van der Waals surface area contributed by atoms with Gasteiger partial charge in [0.2, 0.25) is 0 Å². The van der Waals surface area contributed by atoms with E-state index in [0.29, 0.717) is 49.9 Å². The smallest absolute Gasteiger partial charge is 0.173 e. The van der Waals surface area contributed by atoms with Crippen molar-refractivity contribution in [3.05, 3.63) is 59.7 Å². The fourth-order valence-corrected chi connectivity index (χ4v) is 5.07. The molecule has 9 nitrogen and oxygen atoms in total. The maximum Gasteiger partial charge on any atom is 0.173 e. The monoisotopic (exact) mass is 482 g/mol. The second kappa shape index (κ2) is 10.6. The Kier molecular flexibility index (Phi) is 7.10. The van der Waals surface area contributed by atoms with E-state index in [9.17, 15) is 4.39 Å². The molecule has 0 radical (unpaired) electrons. The molecule has 0 saturated carbocycles. The first-order chi connectivity index (χ1) is 17.2. The number of methoxy groups -OCH3 is 2. The molecule has 0 amide bonds. The van der Waals surface area contributed by atoms with Crippen molar-refractivity contribution in [3.8, 4) is 11.5 Å². The summed E-state index contributed by atoms with van der Waals surface area (Å²) in [6.45, 7) is 4.12. The summed E-state index contributed by atoms with van der Waals surface area (Å²) in [4.78, 5) is 4.41. The van der Waals surface area contributed by atoms with Crippen LogP contribution in [0.4, 0.5) is 10.1 Å². The summed E-state index contributed by atoms with van der Waals surface area (Å²) in [6.07, 6.45) is 2.14. The Labute approximate surface area is 204 Å². The average molecular weight is 483 g/mol. The lowest BCUT2D eigenvalue weighted by Crippen LogP contribution is -2.48. The minimum Gasteiger partial charge on any atom is -0.493 e. The number of para-hydroxylation sites is 2. The molecule has 10 heteroatoms. The van der Waals surface area contributed by atoms with Crippen LogP contribution in [0.2, 0.25) is 0 Å². The molecule has 0 N–H and O–H groups in total. The Balaban J connectivity index is 1.48. The summed E-state index contributed by atoms with van der Waals surface area (Å²) in [5.74, 6) is 1.83. The molecular formula is C25H31FN6O3. The molecule has 0 unspecified atom stereocenters. The van der Waals surface area contributed by atoms with Crippen molar-refractivity contribution >= 4 is 5.69 Å². The Bertz CT molecular complexity index is 1130. The van der Waals surface area contributed by atoms with Gasteiger partial charge in [-0.25, -0.2) is 9.07 Å². The zero-order chi connectivity index (χ0) is 24.2. The van der Waals surface area contributed by atoms with Crippen LogP contribution >= 0.6 is 0 Å². The van der Waals surface area contributed by atoms with Crippen molar-refractivity contribution in [2.24, 2.45) is 0 Å². The van der Waals surface area contributed by atoms with E-state index in [-0.39, 0.29) is 18.0 Å². The lowest BCUT2D eigenvalue weighted by Gasteiger charge is -2.40. The summed E-state index contributed by atoms with van der Waals surface area (Å²) in [7, 11) is 3.27. The van der Waals surface area contributed by atoms with Crippen LogP contribution in [0.5, 0.6) is 11.5 Å². The van der Waals surface area contributed by atoms with Crippen molar-refractivity contribution in [2.45, 2.75) is 31.5 Å². The average Bonchev–Trinajstić information content (AvgIpc) is 3.58. The van der Waals surface area contributed by atoms with E-state index in [0.717, 1.165) is 30.8 Å². The van der Waals surface area contributed by atoms with E-state index in [4.69, 9.17) is 14.2 Å². The number of halogens is 1. The van der Waals surface area contributed by atoms with Gasteiger partial charge >= 0.3 is 0 Å². The first-order valence-corrected chi connectivity index (χ1v) is 12.0.